The molecule has 2 N–H and O–H groups in total. The topological polar surface area (TPSA) is 83.7 Å². The first-order chi connectivity index (χ1) is 8.00. The summed E-state index contributed by atoms with van der Waals surface area (Å²) >= 11 is 3.27. The van der Waals surface area contributed by atoms with Crippen molar-refractivity contribution in [3.8, 4) is 0 Å². The van der Waals surface area contributed by atoms with Gasteiger partial charge in [-0.15, -0.1) is 0 Å². The number of imidazole rings is 1. The van der Waals surface area contributed by atoms with Gasteiger partial charge in [0.25, 0.3) is 0 Å². The Morgan fingerprint density at radius 2 is 2.24 bits per heavy atom. The lowest BCUT2D eigenvalue weighted by Crippen LogP contribution is -2.12. The van der Waals surface area contributed by atoms with Crippen LogP contribution in [-0.4, -0.2) is 26.4 Å². The molecule has 17 heavy (non-hydrogen) atoms. The Bertz CT molecular complexity index is 621. The maximum absolute atomic E-state index is 11.1. The highest BCUT2D eigenvalue weighted by Crippen LogP contribution is 2.24. The van der Waals surface area contributed by atoms with Gasteiger partial charge in [0.05, 0.1) is 4.47 Å². The van der Waals surface area contributed by atoms with Crippen LogP contribution < -0.4 is 5.32 Å². The molecule has 2 aromatic rings. The normalized spacial score (nSPS) is 10.5. The first-order valence-electron chi connectivity index (χ1n) is 4.68. The van der Waals surface area contributed by atoms with E-state index in [2.05, 4.69) is 26.2 Å². The number of aromatic carboxylic acids is 1. The van der Waals surface area contributed by atoms with Gasteiger partial charge in [0, 0.05) is 13.1 Å². The molecular formula is C10H8BrN3O3. The molecule has 0 fully saturated rings. The molecule has 7 heteroatoms. The fraction of sp³-hybridized carbons (Fsp3) is 0.100. The van der Waals surface area contributed by atoms with Gasteiger partial charge in [0.1, 0.15) is 0 Å². The molecule has 0 saturated carbocycles. The van der Waals surface area contributed by atoms with Crippen molar-refractivity contribution in [2.45, 2.75) is 6.92 Å². The smallest absolute Gasteiger partial charge is 0.358 e. The average Bonchev–Trinajstić information content (AvgIpc) is 2.58. The summed E-state index contributed by atoms with van der Waals surface area (Å²) in [4.78, 5) is 26.1. The van der Waals surface area contributed by atoms with Crippen molar-refractivity contribution in [2.75, 3.05) is 5.32 Å². The molecule has 0 bridgehead atoms. The van der Waals surface area contributed by atoms with E-state index >= 15 is 0 Å². The van der Waals surface area contributed by atoms with Gasteiger partial charge in [0.2, 0.25) is 5.91 Å². The lowest BCUT2D eigenvalue weighted by molar-refractivity contribution is -0.114. The Morgan fingerprint density at radius 1 is 1.53 bits per heavy atom. The average molecular weight is 298 g/mol. The Labute approximate surface area is 104 Å². The van der Waals surface area contributed by atoms with Crippen LogP contribution in [0.15, 0.2) is 22.8 Å². The quantitative estimate of drug-likeness (QED) is 0.884. The summed E-state index contributed by atoms with van der Waals surface area (Å²) in [5.74, 6) is -1.39. The van der Waals surface area contributed by atoms with Crippen LogP contribution in [-0.2, 0) is 4.79 Å². The molecule has 0 atom stereocenters. The molecule has 0 saturated heterocycles. The molecule has 0 aliphatic carbocycles. The molecule has 0 aliphatic heterocycles. The highest BCUT2D eigenvalue weighted by molar-refractivity contribution is 9.10. The van der Waals surface area contributed by atoms with Crippen molar-refractivity contribution in [3.05, 3.63) is 28.5 Å². The van der Waals surface area contributed by atoms with Crippen molar-refractivity contribution in [2.24, 2.45) is 0 Å². The summed E-state index contributed by atoms with van der Waals surface area (Å²) in [6.45, 7) is 1.31. The summed E-state index contributed by atoms with van der Waals surface area (Å²) in [7, 11) is 0. The fourth-order valence-electron chi connectivity index (χ4n) is 1.47. The number of hydrogen-bond acceptors (Lipinski definition) is 3. The molecule has 0 spiro atoms. The van der Waals surface area contributed by atoms with E-state index in [1.54, 1.807) is 18.3 Å². The minimum atomic E-state index is -1.19. The summed E-state index contributed by atoms with van der Waals surface area (Å²) in [6, 6.07) is 3.46. The molecule has 88 valence electrons. The van der Waals surface area contributed by atoms with E-state index in [4.69, 9.17) is 5.11 Å². The maximum atomic E-state index is 11.1. The number of pyridine rings is 1. The number of carbonyl (C=O) groups is 2. The highest BCUT2D eigenvalue weighted by Gasteiger charge is 2.19. The lowest BCUT2D eigenvalue weighted by atomic mass is 10.4. The van der Waals surface area contributed by atoms with Crippen LogP contribution in [0.3, 0.4) is 0 Å². The first kappa shape index (κ1) is 11.6. The van der Waals surface area contributed by atoms with E-state index in [0.29, 0.717) is 10.1 Å². The molecule has 1 amide bonds. The molecule has 6 nitrogen and oxygen atoms in total. The van der Waals surface area contributed by atoms with Gasteiger partial charge in [-0.3, -0.25) is 9.20 Å². The predicted octanol–water partition coefficient (Wildman–Crippen LogP) is 1.75. The number of rotatable bonds is 2. The van der Waals surface area contributed by atoms with Gasteiger partial charge in [0.15, 0.2) is 17.2 Å². The van der Waals surface area contributed by atoms with Crippen LogP contribution in [0.4, 0.5) is 5.82 Å². The Balaban J connectivity index is 2.75. The minimum Gasteiger partial charge on any atom is -0.476 e. The van der Waals surface area contributed by atoms with Crippen LogP contribution in [0.5, 0.6) is 0 Å². The zero-order valence-electron chi connectivity index (χ0n) is 8.77. The molecule has 0 unspecified atom stereocenters. The highest BCUT2D eigenvalue weighted by atomic mass is 79.9. The van der Waals surface area contributed by atoms with E-state index in [1.807, 2.05) is 0 Å². The number of carboxylic acid groups (broad SMARTS) is 1. The molecule has 2 aromatic heterocycles. The van der Waals surface area contributed by atoms with E-state index in [0.717, 1.165) is 0 Å². The molecule has 0 radical (unpaired) electrons. The molecule has 0 aromatic carbocycles. The van der Waals surface area contributed by atoms with Crippen LogP contribution in [0, 0.1) is 0 Å². The third kappa shape index (κ3) is 2.01. The molecule has 0 aliphatic rings. The van der Waals surface area contributed by atoms with Crippen molar-refractivity contribution < 1.29 is 14.7 Å². The number of carbonyl (C=O) groups excluding carboxylic acids is 1. The summed E-state index contributed by atoms with van der Waals surface area (Å²) in [5.41, 5.74) is 0.251. The van der Waals surface area contributed by atoms with Crippen LogP contribution in [0.1, 0.15) is 17.4 Å². The second kappa shape index (κ2) is 4.17. The van der Waals surface area contributed by atoms with Gasteiger partial charge >= 0.3 is 5.97 Å². The summed E-state index contributed by atoms with van der Waals surface area (Å²) in [6.07, 6.45) is 1.63. The van der Waals surface area contributed by atoms with Crippen LogP contribution in [0.25, 0.3) is 5.65 Å². The standard InChI is InChI=1S/C10H8BrN3O3/c1-5(15)12-9-7(10(16)17)13-8-6(11)3-2-4-14(8)9/h2-4H,1H3,(H,12,15)(H,16,17). The zero-order valence-corrected chi connectivity index (χ0v) is 10.4. The number of nitrogens with one attached hydrogen (secondary N) is 1. The number of nitrogens with zero attached hydrogens (tertiary/aromatic N) is 2. The fourth-order valence-corrected chi connectivity index (χ4v) is 1.90. The SMILES string of the molecule is CC(=O)Nc1c(C(=O)O)nc2c(Br)cccn12. The summed E-state index contributed by atoms with van der Waals surface area (Å²) < 4.78 is 2.16. The zero-order chi connectivity index (χ0) is 12.6. The van der Waals surface area contributed by atoms with E-state index in [9.17, 15) is 9.59 Å². The second-order valence-electron chi connectivity index (χ2n) is 3.35. The van der Waals surface area contributed by atoms with Crippen molar-refractivity contribution in [3.63, 3.8) is 0 Å². The number of hydrogen-bond donors (Lipinski definition) is 2. The monoisotopic (exact) mass is 297 g/mol. The van der Waals surface area contributed by atoms with E-state index in [1.165, 1.54) is 11.3 Å². The summed E-state index contributed by atoms with van der Waals surface area (Å²) in [5, 5.41) is 11.5. The maximum Gasteiger partial charge on any atom is 0.358 e. The Kier molecular flexibility index (Phi) is 2.84. The van der Waals surface area contributed by atoms with Crippen LogP contribution >= 0.6 is 15.9 Å². The first-order valence-corrected chi connectivity index (χ1v) is 5.47. The van der Waals surface area contributed by atoms with Gasteiger partial charge in [-0.25, -0.2) is 9.78 Å². The minimum absolute atomic E-state index is 0.154. The lowest BCUT2D eigenvalue weighted by Gasteiger charge is -2.03. The second-order valence-corrected chi connectivity index (χ2v) is 4.20. The van der Waals surface area contributed by atoms with E-state index in [-0.39, 0.29) is 17.4 Å². The predicted molar refractivity (Wildman–Crippen MR) is 64.2 cm³/mol. The number of aromatic nitrogens is 2. The van der Waals surface area contributed by atoms with Gasteiger partial charge in [-0.1, -0.05) is 0 Å². The molecule has 2 heterocycles. The number of amides is 1. The largest absolute Gasteiger partial charge is 0.476 e. The third-order valence-electron chi connectivity index (χ3n) is 2.10. The Morgan fingerprint density at radius 3 is 2.82 bits per heavy atom. The Hall–Kier alpha value is -1.89. The number of halogens is 1. The van der Waals surface area contributed by atoms with Crippen LogP contribution in [0.2, 0.25) is 0 Å². The number of fused-ring (bicyclic) bond motifs is 1. The third-order valence-corrected chi connectivity index (χ3v) is 2.72. The van der Waals surface area contributed by atoms with Crippen molar-refractivity contribution in [1.29, 1.82) is 0 Å². The molecule has 2 rings (SSSR count). The molecular weight excluding hydrogens is 290 g/mol. The van der Waals surface area contributed by atoms with Gasteiger partial charge < -0.3 is 10.4 Å². The number of carboxylic acids is 1. The van der Waals surface area contributed by atoms with Crippen molar-refractivity contribution in [1.82, 2.24) is 9.38 Å². The van der Waals surface area contributed by atoms with Gasteiger partial charge in [-0.2, -0.15) is 0 Å². The number of anilines is 1. The van der Waals surface area contributed by atoms with E-state index < -0.39 is 5.97 Å². The van der Waals surface area contributed by atoms with Crippen molar-refractivity contribution >= 4 is 39.3 Å². The van der Waals surface area contributed by atoms with Gasteiger partial charge in [-0.05, 0) is 28.1 Å².